The zero-order valence-electron chi connectivity index (χ0n) is 12.9. The van der Waals surface area contributed by atoms with Crippen LogP contribution in [0.3, 0.4) is 0 Å². The molecular formula is C17H20BrN3O2. The largest absolute Gasteiger partial charge is 0.444 e. The fraction of sp³-hybridized carbons (Fsp3) is 0.412. The van der Waals surface area contributed by atoms with Gasteiger partial charge in [0, 0.05) is 12.2 Å². The van der Waals surface area contributed by atoms with Crippen LogP contribution in [0.2, 0.25) is 0 Å². The van der Waals surface area contributed by atoms with E-state index < -0.39 is 0 Å². The molecule has 0 aromatic carbocycles. The van der Waals surface area contributed by atoms with Crippen molar-refractivity contribution < 1.29 is 9.21 Å². The van der Waals surface area contributed by atoms with Crippen LogP contribution in [0.25, 0.3) is 0 Å². The Morgan fingerprint density at radius 3 is 2.96 bits per heavy atom. The minimum absolute atomic E-state index is 0.0757. The molecule has 0 aliphatic carbocycles. The van der Waals surface area contributed by atoms with Crippen molar-refractivity contribution >= 4 is 21.8 Å². The van der Waals surface area contributed by atoms with E-state index in [-0.39, 0.29) is 11.9 Å². The van der Waals surface area contributed by atoms with Gasteiger partial charge in [-0.1, -0.05) is 6.07 Å². The summed E-state index contributed by atoms with van der Waals surface area (Å²) < 4.78 is 6.05. The van der Waals surface area contributed by atoms with E-state index >= 15 is 0 Å². The fourth-order valence-electron chi connectivity index (χ4n) is 2.92. The number of furan rings is 1. The average Bonchev–Trinajstić information content (AvgIpc) is 2.84. The van der Waals surface area contributed by atoms with Gasteiger partial charge < -0.3 is 14.6 Å². The van der Waals surface area contributed by atoms with E-state index in [9.17, 15) is 4.79 Å². The van der Waals surface area contributed by atoms with E-state index in [1.165, 1.54) is 0 Å². The monoisotopic (exact) mass is 377 g/mol. The minimum Gasteiger partial charge on any atom is -0.444 e. The molecule has 1 saturated heterocycles. The number of rotatable bonds is 4. The Labute approximate surface area is 144 Å². The van der Waals surface area contributed by atoms with Crippen LogP contribution in [-0.2, 0) is 6.54 Å². The van der Waals surface area contributed by atoms with Crippen LogP contribution in [0.4, 0.5) is 0 Å². The number of halogens is 1. The highest BCUT2D eigenvalue weighted by molar-refractivity contribution is 9.10. The lowest BCUT2D eigenvalue weighted by Crippen LogP contribution is -2.40. The van der Waals surface area contributed by atoms with Crippen LogP contribution in [0.5, 0.6) is 0 Å². The van der Waals surface area contributed by atoms with Crippen molar-refractivity contribution in [3.8, 4) is 0 Å². The number of pyridine rings is 1. The summed E-state index contributed by atoms with van der Waals surface area (Å²) in [6.45, 7) is 2.44. The molecule has 1 N–H and O–H groups in total. The molecule has 1 atom stereocenters. The Bertz CT molecular complexity index is 636. The number of nitrogens with one attached hydrogen (secondary N) is 1. The highest BCUT2D eigenvalue weighted by atomic mass is 79.9. The highest BCUT2D eigenvalue weighted by Crippen LogP contribution is 2.22. The van der Waals surface area contributed by atoms with Gasteiger partial charge in [-0.25, -0.2) is 0 Å². The molecule has 0 radical (unpaired) electrons. The van der Waals surface area contributed by atoms with Crippen molar-refractivity contribution in [1.29, 1.82) is 0 Å². The summed E-state index contributed by atoms with van der Waals surface area (Å²) >= 11 is 3.27. The average molecular weight is 378 g/mol. The van der Waals surface area contributed by atoms with Crippen LogP contribution >= 0.6 is 15.9 Å². The third-order valence-corrected chi connectivity index (χ3v) is 4.52. The number of nitrogens with zero attached hydrogens (tertiary/aromatic N) is 2. The second-order valence-corrected chi connectivity index (χ2v) is 6.47. The zero-order chi connectivity index (χ0) is 16.1. The Morgan fingerprint density at radius 1 is 1.30 bits per heavy atom. The van der Waals surface area contributed by atoms with Crippen LogP contribution in [-0.4, -0.2) is 34.9 Å². The first kappa shape index (κ1) is 16.2. The minimum atomic E-state index is -0.0757. The predicted octanol–water partition coefficient (Wildman–Crippen LogP) is 3.22. The molecule has 3 rings (SSSR count). The van der Waals surface area contributed by atoms with E-state index in [2.05, 4.69) is 26.2 Å². The molecule has 2 aromatic rings. The van der Waals surface area contributed by atoms with Crippen LogP contribution < -0.4 is 5.32 Å². The number of hydrogen-bond donors (Lipinski definition) is 1. The van der Waals surface area contributed by atoms with E-state index in [0.717, 1.165) is 38.0 Å². The van der Waals surface area contributed by atoms with Gasteiger partial charge >= 0.3 is 0 Å². The van der Waals surface area contributed by atoms with Gasteiger partial charge in [0.25, 0.3) is 5.91 Å². The zero-order valence-corrected chi connectivity index (χ0v) is 14.5. The van der Waals surface area contributed by atoms with E-state index in [1.807, 2.05) is 23.1 Å². The first-order valence-corrected chi connectivity index (χ1v) is 8.70. The molecule has 6 heteroatoms. The first-order valence-electron chi connectivity index (χ1n) is 7.91. The summed E-state index contributed by atoms with van der Waals surface area (Å²) in [4.78, 5) is 19.2. The van der Waals surface area contributed by atoms with Gasteiger partial charge in [-0.15, -0.1) is 0 Å². The van der Waals surface area contributed by atoms with Crippen LogP contribution in [0.15, 0.2) is 45.6 Å². The van der Waals surface area contributed by atoms with Crippen LogP contribution in [0, 0.1) is 0 Å². The lowest BCUT2D eigenvalue weighted by molar-refractivity contribution is 0.0608. The fourth-order valence-corrected chi connectivity index (χ4v) is 3.22. The summed E-state index contributed by atoms with van der Waals surface area (Å²) in [6.07, 6.45) is 4.77. The maximum absolute atomic E-state index is 12.9. The van der Waals surface area contributed by atoms with Gasteiger partial charge in [-0.3, -0.25) is 9.78 Å². The van der Waals surface area contributed by atoms with Crippen molar-refractivity contribution in [1.82, 2.24) is 15.2 Å². The number of aromatic nitrogens is 1. The number of hydrogen-bond acceptors (Lipinski definition) is 4. The van der Waals surface area contributed by atoms with E-state index in [1.54, 1.807) is 18.3 Å². The molecule has 2 aromatic heterocycles. The number of amides is 1. The molecule has 0 bridgehead atoms. The van der Waals surface area contributed by atoms with Crippen molar-refractivity contribution in [2.75, 3.05) is 13.1 Å². The molecule has 1 amide bonds. The summed E-state index contributed by atoms with van der Waals surface area (Å²) in [6, 6.07) is 9.45. The lowest BCUT2D eigenvalue weighted by Gasteiger charge is -2.30. The number of carbonyl (C=O) groups excluding carboxylic acids is 1. The molecule has 3 heterocycles. The van der Waals surface area contributed by atoms with Crippen LogP contribution in [0.1, 0.15) is 35.5 Å². The summed E-state index contributed by atoms with van der Waals surface area (Å²) in [5.74, 6) is 0.290. The highest BCUT2D eigenvalue weighted by Gasteiger charge is 2.27. The maximum atomic E-state index is 12.9. The SMILES string of the molecule is O=C(c1ccc(Br)o1)N(Cc1ccccn1)C1CCCNCC1. The predicted molar refractivity (Wildman–Crippen MR) is 91.0 cm³/mol. The van der Waals surface area contributed by atoms with Gasteiger partial charge in [0.15, 0.2) is 10.4 Å². The number of carbonyl (C=O) groups is 1. The summed E-state index contributed by atoms with van der Waals surface area (Å²) in [5, 5.41) is 3.39. The second kappa shape index (κ2) is 7.75. The Morgan fingerprint density at radius 2 is 2.22 bits per heavy atom. The molecule has 1 fully saturated rings. The molecule has 1 aliphatic rings. The smallest absolute Gasteiger partial charge is 0.290 e. The molecule has 5 nitrogen and oxygen atoms in total. The van der Waals surface area contributed by atoms with Crippen molar-refractivity contribution in [2.24, 2.45) is 0 Å². The molecule has 0 spiro atoms. The maximum Gasteiger partial charge on any atom is 0.290 e. The van der Waals surface area contributed by atoms with E-state index in [0.29, 0.717) is 17.0 Å². The van der Waals surface area contributed by atoms with Crippen molar-refractivity contribution in [3.63, 3.8) is 0 Å². The van der Waals surface area contributed by atoms with Crippen molar-refractivity contribution in [2.45, 2.75) is 31.8 Å². The second-order valence-electron chi connectivity index (χ2n) is 5.69. The molecule has 0 saturated carbocycles. The first-order chi connectivity index (χ1) is 11.2. The normalized spacial score (nSPS) is 18.4. The Balaban J connectivity index is 1.84. The third kappa shape index (κ3) is 4.20. The van der Waals surface area contributed by atoms with Gasteiger partial charge in [0.1, 0.15) is 0 Å². The third-order valence-electron chi connectivity index (χ3n) is 4.09. The molecule has 1 aliphatic heterocycles. The Kier molecular flexibility index (Phi) is 5.46. The Hall–Kier alpha value is -1.66. The molecule has 23 heavy (non-hydrogen) atoms. The lowest BCUT2D eigenvalue weighted by atomic mass is 10.1. The van der Waals surface area contributed by atoms with Gasteiger partial charge in [-0.2, -0.15) is 0 Å². The summed E-state index contributed by atoms with van der Waals surface area (Å²) in [7, 11) is 0. The van der Waals surface area contributed by atoms with Gasteiger partial charge in [0.2, 0.25) is 0 Å². The van der Waals surface area contributed by atoms with Gasteiger partial charge in [-0.05, 0) is 72.5 Å². The van der Waals surface area contributed by atoms with Gasteiger partial charge in [0.05, 0.1) is 12.2 Å². The quantitative estimate of drug-likeness (QED) is 0.888. The van der Waals surface area contributed by atoms with Crippen molar-refractivity contribution in [3.05, 3.63) is 52.7 Å². The molecular weight excluding hydrogens is 358 g/mol. The molecule has 122 valence electrons. The van der Waals surface area contributed by atoms with E-state index in [4.69, 9.17) is 4.42 Å². The molecule has 1 unspecified atom stereocenters. The topological polar surface area (TPSA) is 58.4 Å². The standard InChI is InChI=1S/C17H20BrN3O2/c18-16-7-6-15(23-16)17(22)21(12-13-4-1-2-10-20-13)14-5-3-9-19-11-8-14/h1-2,4,6-7,10,14,19H,3,5,8-9,11-12H2. The summed E-state index contributed by atoms with van der Waals surface area (Å²) in [5.41, 5.74) is 0.892.